The van der Waals surface area contributed by atoms with Crippen molar-refractivity contribution in [2.45, 2.75) is 6.92 Å². The Morgan fingerprint density at radius 2 is 1.72 bits per heavy atom. The third kappa shape index (κ3) is 2.21. The Hall–Kier alpha value is -2.28. The molecule has 0 atom stereocenters. The lowest BCUT2D eigenvalue weighted by Gasteiger charge is -1.91. The summed E-state index contributed by atoms with van der Waals surface area (Å²) < 4.78 is 0. The van der Waals surface area contributed by atoms with E-state index < -0.39 is 0 Å². The number of benzene rings is 2. The quantitative estimate of drug-likeness (QED) is 0.663. The summed E-state index contributed by atoms with van der Waals surface area (Å²) in [7, 11) is 0. The van der Waals surface area contributed by atoms with Crippen LogP contribution in [-0.4, -0.2) is 4.98 Å². The van der Waals surface area contributed by atoms with Crippen molar-refractivity contribution >= 4 is 23.1 Å². The van der Waals surface area contributed by atoms with Crippen molar-refractivity contribution in [1.29, 1.82) is 0 Å². The fraction of sp³-hybridized carbons (Fsp3) is 0.0588. The molecular formula is C17H15N. The van der Waals surface area contributed by atoms with Gasteiger partial charge < -0.3 is 4.98 Å². The molecule has 0 amide bonds. The number of rotatable bonds is 2. The predicted molar refractivity (Wildman–Crippen MR) is 78.4 cm³/mol. The monoisotopic (exact) mass is 233 g/mol. The molecule has 0 bridgehead atoms. The standard InChI is InChI=1S/C17H15N/c1-13-7-10-17-15(11-13)12-16(18-17)9-8-14-5-3-2-4-6-14/h2-12,18H,1H3/b9-8+. The summed E-state index contributed by atoms with van der Waals surface area (Å²) in [5.74, 6) is 0. The van der Waals surface area contributed by atoms with E-state index in [0.29, 0.717) is 0 Å². The van der Waals surface area contributed by atoms with Gasteiger partial charge in [0.1, 0.15) is 0 Å². The van der Waals surface area contributed by atoms with Gasteiger partial charge in [-0.25, -0.2) is 0 Å². The van der Waals surface area contributed by atoms with Gasteiger partial charge in [0.2, 0.25) is 0 Å². The van der Waals surface area contributed by atoms with Crippen LogP contribution >= 0.6 is 0 Å². The number of aromatic nitrogens is 1. The minimum Gasteiger partial charge on any atom is -0.355 e. The van der Waals surface area contributed by atoms with Gasteiger partial charge >= 0.3 is 0 Å². The van der Waals surface area contributed by atoms with Crippen molar-refractivity contribution in [3.05, 3.63) is 71.4 Å². The van der Waals surface area contributed by atoms with Gasteiger partial charge in [-0.15, -0.1) is 0 Å². The van der Waals surface area contributed by atoms with Crippen molar-refractivity contribution in [3.8, 4) is 0 Å². The molecule has 1 heteroatoms. The first-order valence-corrected chi connectivity index (χ1v) is 6.14. The number of nitrogens with one attached hydrogen (secondary N) is 1. The normalized spacial score (nSPS) is 11.4. The van der Waals surface area contributed by atoms with E-state index >= 15 is 0 Å². The van der Waals surface area contributed by atoms with Crippen molar-refractivity contribution in [1.82, 2.24) is 4.98 Å². The van der Waals surface area contributed by atoms with Crippen LogP contribution in [0.15, 0.2) is 54.6 Å². The lowest BCUT2D eigenvalue weighted by atomic mass is 10.2. The zero-order valence-electron chi connectivity index (χ0n) is 10.4. The molecule has 0 aliphatic carbocycles. The van der Waals surface area contributed by atoms with Gasteiger partial charge in [0.05, 0.1) is 0 Å². The predicted octanol–water partition coefficient (Wildman–Crippen LogP) is 4.65. The van der Waals surface area contributed by atoms with Crippen LogP contribution in [0.5, 0.6) is 0 Å². The van der Waals surface area contributed by atoms with E-state index in [9.17, 15) is 0 Å². The second-order valence-corrected chi connectivity index (χ2v) is 4.56. The number of hydrogen-bond acceptors (Lipinski definition) is 0. The molecule has 0 radical (unpaired) electrons. The molecule has 3 aromatic rings. The summed E-state index contributed by atoms with van der Waals surface area (Å²) in [4.78, 5) is 3.41. The molecule has 1 N–H and O–H groups in total. The van der Waals surface area contributed by atoms with Crippen LogP contribution in [0.3, 0.4) is 0 Å². The molecule has 3 rings (SSSR count). The Bertz CT molecular complexity index is 690. The van der Waals surface area contributed by atoms with Crippen LogP contribution < -0.4 is 0 Å². The maximum Gasteiger partial charge on any atom is 0.0458 e. The summed E-state index contributed by atoms with van der Waals surface area (Å²) in [6, 6.07) is 19.0. The number of fused-ring (bicyclic) bond motifs is 1. The maximum absolute atomic E-state index is 3.41. The van der Waals surface area contributed by atoms with Gasteiger partial charge in [0, 0.05) is 16.6 Å². The lowest BCUT2D eigenvalue weighted by molar-refractivity contribution is 1.42. The highest BCUT2D eigenvalue weighted by Crippen LogP contribution is 2.18. The van der Waals surface area contributed by atoms with Gasteiger partial charge in [-0.05, 0) is 36.8 Å². The topological polar surface area (TPSA) is 15.8 Å². The average molecular weight is 233 g/mol. The number of aryl methyl sites for hydroxylation is 1. The molecule has 1 nitrogen and oxygen atoms in total. The molecule has 1 heterocycles. The summed E-state index contributed by atoms with van der Waals surface area (Å²) in [5, 5.41) is 1.27. The highest BCUT2D eigenvalue weighted by molar-refractivity contribution is 5.84. The highest BCUT2D eigenvalue weighted by Gasteiger charge is 1.97. The Kier molecular flexibility index (Phi) is 2.73. The SMILES string of the molecule is Cc1ccc2[nH]c(/C=C/c3ccccc3)cc2c1. The number of aromatic amines is 1. The number of hydrogen-bond donors (Lipinski definition) is 1. The Labute approximate surface area is 107 Å². The molecule has 2 aromatic carbocycles. The van der Waals surface area contributed by atoms with E-state index in [0.717, 1.165) is 5.69 Å². The van der Waals surface area contributed by atoms with Gasteiger partial charge in [-0.3, -0.25) is 0 Å². The summed E-state index contributed by atoms with van der Waals surface area (Å²) in [6.07, 6.45) is 4.24. The van der Waals surface area contributed by atoms with Crippen molar-refractivity contribution in [2.24, 2.45) is 0 Å². The number of H-pyrrole nitrogens is 1. The first-order chi connectivity index (χ1) is 8.81. The van der Waals surface area contributed by atoms with Crippen LogP contribution in [0.25, 0.3) is 23.1 Å². The molecular weight excluding hydrogens is 218 g/mol. The molecule has 0 aliphatic heterocycles. The van der Waals surface area contributed by atoms with Gasteiger partial charge in [-0.2, -0.15) is 0 Å². The lowest BCUT2D eigenvalue weighted by Crippen LogP contribution is -1.72. The maximum atomic E-state index is 3.41. The molecule has 0 saturated heterocycles. The van der Waals surface area contributed by atoms with E-state index in [1.165, 1.54) is 22.0 Å². The summed E-state index contributed by atoms with van der Waals surface area (Å²) in [5.41, 5.74) is 4.83. The smallest absolute Gasteiger partial charge is 0.0458 e. The fourth-order valence-corrected chi connectivity index (χ4v) is 2.11. The van der Waals surface area contributed by atoms with Crippen LogP contribution in [0, 0.1) is 6.92 Å². The third-order valence-electron chi connectivity index (χ3n) is 3.05. The van der Waals surface area contributed by atoms with E-state index in [-0.39, 0.29) is 0 Å². The van der Waals surface area contributed by atoms with Crippen molar-refractivity contribution < 1.29 is 0 Å². The van der Waals surface area contributed by atoms with Crippen LogP contribution in [-0.2, 0) is 0 Å². The van der Waals surface area contributed by atoms with Crippen LogP contribution in [0.4, 0.5) is 0 Å². The van der Waals surface area contributed by atoms with Crippen LogP contribution in [0.1, 0.15) is 16.8 Å². The highest BCUT2D eigenvalue weighted by atomic mass is 14.7. The zero-order chi connectivity index (χ0) is 12.4. The molecule has 0 fully saturated rings. The van der Waals surface area contributed by atoms with E-state index in [2.05, 4.69) is 60.5 Å². The summed E-state index contributed by atoms with van der Waals surface area (Å²) in [6.45, 7) is 2.12. The second-order valence-electron chi connectivity index (χ2n) is 4.56. The minimum absolute atomic E-state index is 1.14. The van der Waals surface area contributed by atoms with E-state index in [4.69, 9.17) is 0 Å². The molecule has 0 unspecified atom stereocenters. The van der Waals surface area contributed by atoms with Crippen LogP contribution in [0.2, 0.25) is 0 Å². The average Bonchev–Trinajstić information content (AvgIpc) is 2.79. The largest absolute Gasteiger partial charge is 0.355 e. The Morgan fingerprint density at radius 3 is 2.56 bits per heavy atom. The zero-order valence-corrected chi connectivity index (χ0v) is 10.4. The van der Waals surface area contributed by atoms with Crippen molar-refractivity contribution in [2.75, 3.05) is 0 Å². The Morgan fingerprint density at radius 1 is 0.889 bits per heavy atom. The van der Waals surface area contributed by atoms with Crippen molar-refractivity contribution in [3.63, 3.8) is 0 Å². The van der Waals surface area contributed by atoms with E-state index in [1.54, 1.807) is 0 Å². The minimum atomic E-state index is 1.14. The fourth-order valence-electron chi connectivity index (χ4n) is 2.11. The van der Waals surface area contributed by atoms with Gasteiger partial charge in [0.25, 0.3) is 0 Å². The third-order valence-corrected chi connectivity index (χ3v) is 3.05. The molecule has 0 spiro atoms. The first-order valence-electron chi connectivity index (χ1n) is 6.14. The van der Waals surface area contributed by atoms with Gasteiger partial charge in [0.15, 0.2) is 0 Å². The van der Waals surface area contributed by atoms with Gasteiger partial charge in [-0.1, -0.05) is 48.0 Å². The van der Waals surface area contributed by atoms with E-state index in [1.807, 2.05) is 18.2 Å². The first kappa shape index (κ1) is 10.8. The Balaban J connectivity index is 1.93. The molecule has 18 heavy (non-hydrogen) atoms. The molecule has 0 saturated carbocycles. The second kappa shape index (κ2) is 4.53. The molecule has 0 aliphatic rings. The molecule has 88 valence electrons. The molecule has 1 aromatic heterocycles. The summed E-state index contributed by atoms with van der Waals surface area (Å²) >= 11 is 0.